The summed E-state index contributed by atoms with van der Waals surface area (Å²) in [6.07, 6.45) is 0.832. The number of esters is 1. The van der Waals surface area contributed by atoms with Gasteiger partial charge in [0.25, 0.3) is 5.56 Å². The summed E-state index contributed by atoms with van der Waals surface area (Å²) in [6.45, 7) is 6.92. The van der Waals surface area contributed by atoms with Crippen molar-refractivity contribution in [2.75, 3.05) is 30.8 Å². The lowest BCUT2D eigenvalue weighted by molar-refractivity contribution is -0.113. The molecule has 1 N–H and O–H groups in total. The van der Waals surface area contributed by atoms with Gasteiger partial charge in [-0.05, 0) is 61.9 Å². The van der Waals surface area contributed by atoms with E-state index in [0.717, 1.165) is 42.1 Å². The standard InChI is InChI=1S/C28H28N4O4S2/c1-3-31-15-14-21-22(16-31)38-25-24(21)26(34)32(20-8-6-5-7-9-20)28(30-25)37-17-23(33)29-19-12-10-18(11-13-19)27(35)36-4-2/h5-13H,3-4,14-17H2,1-2H3,(H,29,33). The molecule has 0 saturated heterocycles. The molecule has 8 nitrogen and oxygen atoms in total. The molecular formula is C28H28N4O4S2. The average Bonchev–Trinajstić information content (AvgIpc) is 3.30. The molecule has 0 bridgehead atoms. The molecule has 5 rings (SSSR count). The van der Waals surface area contributed by atoms with Gasteiger partial charge in [-0.3, -0.25) is 19.1 Å². The van der Waals surface area contributed by atoms with E-state index in [2.05, 4.69) is 17.1 Å². The number of likely N-dealkylation sites (N-methyl/N-ethyl adjacent to an activating group) is 1. The van der Waals surface area contributed by atoms with E-state index in [4.69, 9.17) is 9.72 Å². The summed E-state index contributed by atoms with van der Waals surface area (Å²) < 4.78 is 6.61. The van der Waals surface area contributed by atoms with Gasteiger partial charge >= 0.3 is 5.97 Å². The Morgan fingerprint density at radius 1 is 1.11 bits per heavy atom. The van der Waals surface area contributed by atoms with Crippen LogP contribution in [0.15, 0.2) is 64.5 Å². The third-order valence-electron chi connectivity index (χ3n) is 6.40. The molecule has 0 saturated carbocycles. The summed E-state index contributed by atoms with van der Waals surface area (Å²) in [7, 11) is 0. The topological polar surface area (TPSA) is 93.5 Å². The lowest BCUT2D eigenvalue weighted by Gasteiger charge is -2.25. The maximum Gasteiger partial charge on any atom is 0.338 e. The second kappa shape index (κ2) is 11.5. The highest BCUT2D eigenvalue weighted by atomic mass is 32.2. The predicted octanol–water partition coefficient (Wildman–Crippen LogP) is 4.73. The number of carbonyl (C=O) groups is 2. The van der Waals surface area contributed by atoms with Gasteiger partial charge in [-0.1, -0.05) is 36.9 Å². The zero-order valence-electron chi connectivity index (χ0n) is 21.2. The maximum atomic E-state index is 13.9. The molecule has 196 valence electrons. The minimum absolute atomic E-state index is 0.0686. The summed E-state index contributed by atoms with van der Waals surface area (Å²) in [4.78, 5) is 47.7. The van der Waals surface area contributed by atoms with Gasteiger partial charge in [0.15, 0.2) is 5.16 Å². The number of nitrogens with zero attached hydrogens (tertiary/aromatic N) is 3. The van der Waals surface area contributed by atoms with Crippen LogP contribution in [-0.2, 0) is 22.5 Å². The van der Waals surface area contributed by atoms with Gasteiger partial charge in [0, 0.05) is 23.7 Å². The molecule has 1 aliphatic rings. The van der Waals surface area contributed by atoms with E-state index in [1.54, 1.807) is 47.1 Å². The summed E-state index contributed by atoms with van der Waals surface area (Å²) in [6, 6.07) is 16.0. The average molecular weight is 549 g/mol. The third-order valence-corrected chi connectivity index (χ3v) is 8.45. The van der Waals surface area contributed by atoms with Gasteiger partial charge < -0.3 is 10.1 Å². The number of rotatable bonds is 8. The maximum absolute atomic E-state index is 13.9. The number of ether oxygens (including phenoxy) is 1. The second-order valence-electron chi connectivity index (χ2n) is 8.81. The van der Waals surface area contributed by atoms with Crippen molar-refractivity contribution in [3.05, 3.63) is 81.0 Å². The molecule has 3 heterocycles. The minimum atomic E-state index is -0.404. The number of hydrogen-bond acceptors (Lipinski definition) is 8. The lowest BCUT2D eigenvalue weighted by atomic mass is 10.1. The van der Waals surface area contributed by atoms with Crippen LogP contribution < -0.4 is 10.9 Å². The van der Waals surface area contributed by atoms with E-state index >= 15 is 0 Å². The molecular weight excluding hydrogens is 520 g/mol. The van der Waals surface area contributed by atoms with Crippen LogP contribution in [0.25, 0.3) is 15.9 Å². The van der Waals surface area contributed by atoms with Crippen molar-refractivity contribution in [1.82, 2.24) is 14.5 Å². The van der Waals surface area contributed by atoms with Gasteiger partial charge in [-0.2, -0.15) is 0 Å². The van der Waals surface area contributed by atoms with Crippen molar-refractivity contribution in [1.29, 1.82) is 0 Å². The number of aromatic nitrogens is 2. The second-order valence-corrected chi connectivity index (χ2v) is 10.8. The number of para-hydroxylation sites is 1. The van der Waals surface area contributed by atoms with Crippen LogP contribution in [-0.4, -0.2) is 51.8 Å². The van der Waals surface area contributed by atoms with Gasteiger partial charge in [0.2, 0.25) is 5.91 Å². The number of nitrogens with one attached hydrogen (secondary N) is 1. The first-order valence-corrected chi connectivity index (χ1v) is 14.3. The molecule has 2 aromatic carbocycles. The first-order chi connectivity index (χ1) is 18.5. The Kier molecular flexibility index (Phi) is 7.92. The Bertz CT molecular complexity index is 1530. The van der Waals surface area contributed by atoms with E-state index in [1.807, 2.05) is 30.3 Å². The molecule has 0 aliphatic carbocycles. The van der Waals surface area contributed by atoms with E-state index < -0.39 is 5.97 Å². The SMILES string of the molecule is CCOC(=O)c1ccc(NC(=O)CSc2nc3sc4c(c3c(=O)n2-c2ccccc2)CCN(CC)C4)cc1. The molecule has 2 aromatic heterocycles. The van der Waals surface area contributed by atoms with Crippen molar-refractivity contribution in [2.45, 2.75) is 32.0 Å². The quantitative estimate of drug-likeness (QED) is 0.193. The predicted molar refractivity (Wildman–Crippen MR) is 152 cm³/mol. The Hall–Kier alpha value is -3.47. The third kappa shape index (κ3) is 5.38. The number of hydrogen-bond donors (Lipinski definition) is 1. The van der Waals surface area contributed by atoms with Crippen molar-refractivity contribution >= 4 is 50.9 Å². The molecule has 38 heavy (non-hydrogen) atoms. The van der Waals surface area contributed by atoms with Gasteiger partial charge in [0.1, 0.15) is 4.83 Å². The largest absolute Gasteiger partial charge is 0.462 e. The van der Waals surface area contributed by atoms with Crippen LogP contribution >= 0.6 is 23.1 Å². The number of amides is 1. The Balaban J connectivity index is 1.41. The van der Waals surface area contributed by atoms with Crippen molar-refractivity contribution < 1.29 is 14.3 Å². The van der Waals surface area contributed by atoms with Gasteiger partial charge in [0.05, 0.1) is 29.0 Å². The first-order valence-electron chi connectivity index (χ1n) is 12.5. The van der Waals surface area contributed by atoms with E-state index in [0.29, 0.717) is 28.4 Å². The van der Waals surface area contributed by atoms with Crippen LogP contribution in [0.3, 0.4) is 0 Å². The molecule has 0 atom stereocenters. The number of benzene rings is 2. The fourth-order valence-electron chi connectivity index (χ4n) is 4.48. The van der Waals surface area contributed by atoms with Crippen LogP contribution in [0.1, 0.15) is 34.6 Å². The number of fused-ring (bicyclic) bond motifs is 3. The van der Waals surface area contributed by atoms with Crippen molar-refractivity contribution in [2.24, 2.45) is 0 Å². The van der Waals surface area contributed by atoms with Crippen molar-refractivity contribution in [3.63, 3.8) is 0 Å². The highest BCUT2D eigenvalue weighted by molar-refractivity contribution is 7.99. The molecule has 0 fully saturated rings. The smallest absolute Gasteiger partial charge is 0.338 e. The van der Waals surface area contributed by atoms with Crippen LogP contribution in [0.2, 0.25) is 0 Å². The number of anilines is 1. The highest BCUT2D eigenvalue weighted by Gasteiger charge is 2.25. The van der Waals surface area contributed by atoms with E-state index in [9.17, 15) is 14.4 Å². The fourth-order valence-corrected chi connectivity index (χ4v) is 6.60. The molecule has 1 aliphatic heterocycles. The zero-order chi connectivity index (χ0) is 26.6. The summed E-state index contributed by atoms with van der Waals surface area (Å²) >= 11 is 2.80. The zero-order valence-corrected chi connectivity index (χ0v) is 22.9. The Labute approximate surface area is 228 Å². The van der Waals surface area contributed by atoms with Gasteiger partial charge in [-0.15, -0.1) is 11.3 Å². The Morgan fingerprint density at radius 3 is 2.58 bits per heavy atom. The fraction of sp³-hybridized carbons (Fsp3) is 0.286. The number of thioether (sulfide) groups is 1. The molecule has 0 radical (unpaired) electrons. The monoisotopic (exact) mass is 548 g/mol. The molecule has 0 unspecified atom stereocenters. The van der Waals surface area contributed by atoms with E-state index in [-0.39, 0.29) is 17.2 Å². The van der Waals surface area contributed by atoms with Crippen molar-refractivity contribution in [3.8, 4) is 5.69 Å². The summed E-state index contributed by atoms with van der Waals surface area (Å²) in [5.74, 6) is -0.574. The molecule has 1 amide bonds. The van der Waals surface area contributed by atoms with Crippen LogP contribution in [0, 0.1) is 0 Å². The minimum Gasteiger partial charge on any atom is -0.462 e. The summed E-state index contributed by atoms with van der Waals surface area (Å²) in [5.41, 5.74) is 2.72. The number of thiophene rings is 1. The normalized spacial score (nSPS) is 13.3. The molecule has 4 aromatic rings. The van der Waals surface area contributed by atoms with Gasteiger partial charge in [-0.25, -0.2) is 9.78 Å². The first kappa shape index (κ1) is 26.1. The van der Waals surface area contributed by atoms with Crippen LogP contribution in [0.5, 0.6) is 0 Å². The lowest BCUT2D eigenvalue weighted by Crippen LogP contribution is -2.30. The summed E-state index contributed by atoms with van der Waals surface area (Å²) in [5, 5.41) is 4.02. The molecule has 0 spiro atoms. The molecule has 10 heteroatoms. The van der Waals surface area contributed by atoms with Crippen LogP contribution in [0.4, 0.5) is 5.69 Å². The highest BCUT2D eigenvalue weighted by Crippen LogP contribution is 2.34. The Morgan fingerprint density at radius 2 is 1.87 bits per heavy atom. The number of carbonyl (C=O) groups excluding carboxylic acids is 2. The van der Waals surface area contributed by atoms with E-state index in [1.165, 1.54) is 16.6 Å².